The van der Waals surface area contributed by atoms with Crippen molar-refractivity contribution < 1.29 is 35.1 Å². The van der Waals surface area contributed by atoms with Crippen molar-refractivity contribution in [3.63, 3.8) is 0 Å². The van der Waals surface area contributed by atoms with Crippen molar-refractivity contribution in [2.75, 3.05) is 0 Å². The van der Waals surface area contributed by atoms with Gasteiger partial charge in [0.15, 0.2) is 0 Å². The molecule has 10 heteroatoms. The summed E-state index contributed by atoms with van der Waals surface area (Å²) in [6, 6.07) is 0.247. The number of aromatic nitrogens is 2. The minimum atomic E-state index is -4.89. The van der Waals surface area contributed by atoms with Crippen molar-refractivity contribution in [3.8, 4) is 0 Å². The number of halogens is 8. The van der Waals surface area contributed by atoms with Gasteiger partial charge in [0.1, 0.15) is 5.69 Å². The first kappa shape index (κ1) is 14.6. The molecule has 0 unspecified atom stereocenters. The zero-order valence-electron chi connectivity index (χ0n) is 8.23. The van der Waals surface area contributed by atoms with E-state index >= 15 is 0 Å². The molecule has 0 fully saturated rings. The van der Waals surface area contributed by atoms with E-state index in [1.165, 1.54) is 0 Å². The predicted octanol–water partition coefficient (Wildman–Crippen LogP) is 3.19. The molecule has 0 atom stereocenters. The first-order chi connectivity index (χ1) is 8.10. The molecule has 1 heterocycles. The number of hydrogen-bond donors (Lipinski definition) is 0. The fraction of sp³-hybridized carbons (Fsp3) is 0.500. The van der Waals surface area contributed by atoms with E-state index in [4.69, 9.17) is 0 Å². The van der Waals surface area contributed by atoms with Crippen LogP contribution in [-0.4, -0.2) is 22.8 Å². The fourth-order valence-corrected chi connectivity index (χ4v) is 0.914. The molecule has 0 aromatic carbocycles. The molecule has 0 aliphatic heterocycles. The second-order valence-corrected chi connectivity index (χ2v) is 3.11. The Labute approximate surface area is 94.7 Å². The van der Waals surface area contributed by atoms with Crippen molar-refractivity contribution in [3.05, 3.63) is 23.8 Å². The highest BCUT2D eigenvalue weighted by Gasteiger charge is 2.49. The Morgan fingerprint density at radius 3 is 1.83 bits per heavy atom. The molecule has 0 radical (unpaired) electrons. The normalized spacial score (nSPS) is 13.4. The zero-order valence-corrected chi connectivity index (χ0v) is 8.23. The molecule has 0 saturated carbocycles. The third-order valence-electron chi connectivity index (χ3n) is 1.84. The Bertz CT molecular complexity index is 384. The number of rotatable bonds is 4. The van der Waals surface area contributed by atoms with Crippen LogP contribution in [0.5, 0.6) is 0 Å². The fourth-order valence-electron chi connectivity index (χ4n) is 0.914. The first-order valence-electron chi connectivity index (χ1n) is 4.26. The minimum absolute atomic E-state index is 0.247. The first-order valence-corrected chi connectivity index (χ1v) is 4.26. The lowest BCUT2D eigenvalue weighted by atomic mass is 10.2. The molecule has 0 spiro atoms. The van der Waals surface area contributed by atoms with E-state index in [1.54, 1.807) is 0 Å². The van der Waals surface area contributed by atoms with E-state index < -0.39 is 36.2 Å². The van der Waals surface area contributed by atoms with Gasteiger partial charge in [-0.1, -0.05) is 0 Å². The van der Waals surface area contributed by atoms with Gasteiger partial charge in [0.05, 0.1) is 0 Å². The van der Waals surface area contributed by atoms with Gasteiger partial charge in [0.2, 0.25) is 5.82 Å². The van der Waals surface area contributed by atoms with Crippen LogP contribution in [0.1, 0.15) is 11.5 Å². The van der Waals surface area contributed by atoms with Gasteiger partial charge in [0.25, 0.3) is 0 Å². The molecule has 1 rings (SSSR count). The van der Waals surface area contributed by atoms with Crippen LogP contribution < -0.4 is 0 Å². The Morgan fingerprint density at radius 1 is 0.889 bits per heavy atom. The summed E-state index contributed by atoms with van der Waals surface area (Å²) in [5, 5.41) is 0. The number of hydrogen-bond acceptors (Lipinski definition) is 2. The van der Waals surface area contributed by atoms with Crippen LogP contribution in [0, 0.1) is 0 Å². The smallest absolute Gasteiger partial charge is 0.235 e. The summed E-state index contributed by atoms with van der Waals surface area (Å²) in [5.74, 6) is -11.7. The molecule has 0 amide bonds. The molecular formula is C8H4F8N2. The van der Waals surface area contributed by atoms with Gasteiger partial charge in [0, 0.05) is 6.20 Å². The van der Waals surface area contributed by atoms with Crippen LogP contribution in [0.2, 0.25) is 0 Å². The summed E-state index contributed by atoms with van der Waals surface area (Å²) in [7, 11) is 0. The van der Waals surface area contributed by atoms with E-state index in [-0.39, 0.29) is 12.3 Å². The van der Waals surface area contributed by atoms with Gasteiger partial charge in [-0.25, -0.2) is 27.5 Å². The maximum Gasteiger partial charge on any atom is 0.365 e. The summed E-state index contributed by atoms with van der Waals surface area (Å²) in [5.41, 5.74) is -1.75. The van der Waals surface area contributed by atoms with Crippen molar-refractivity contribution >= 4 is 0 Å². The monoisotopic (exact) mass is 280 g/mol. The van der Waals surface area contributed by atoms with Gasteiger partial charge in [-0.15, -0.1) is 0 Å². The molecule has 0 bridgehead atoms. The molecule has 18 heavy (non-hydrogen) atoms. The Morgan fingerprint density at radius 2 is 1.39 bits per heavy atom. The molecule has 0 N–H and O–H groups in total. The summed E-state index contributed by atoms with van der Waals surface area (Å²) in [6.07, 6.45) is -8.17. The molecule has 1 aromatic rings. The third-order valence-corrected chi connectivity index (χ3v) is 1.84. The van der Waals surface area contributed by atoms with Crippen LogP contribution >= 0.6 is 0 Å². The van der Waals surface area contributed by atoms with E-state index in [0.717, 1.165) is 0 Å². The van der Waals surface area contributed by atoms with Gasteiger partial charge < -0.3 is 0 Å². The maximum atomic E-state index is 12.8. The second-order valence-electron chi connectivity index (χ2n) is 3.11. The number of alkyl halides is 8. The summed E-state index contributed by atoms with van der Waals surface area (Å²) in [4.78, 5) is 5.07. The molecule has 102 valence electrons. The minimum Gasteiger partial charge on any atom is -0.235 e. The molecule has 0 aliphatic rings. The average molecular weight is 280 g/mol. The second kappa shape index (κ2) is 4.65. The van der Waals surface area contributed by atoms with Crippen molar-refractivity contribution in [2.45, 2.75) is 24.7 Å². The third kappa shape index (κ3) is 2.51. The van der Waals surface area contributed by atoms with Gasteiger partial charge >= 0.3 is 24.7 Å². The maximum absolute atomic E-state index is 12.8. The highest BCUT2D eigenvalue weighted by molar-refractivity contribution is 5.12. The molecular weight excluding hydrogens is 276 g/mol. The zero-order chi connectivity index (χ0) is 14.1. The summed E-state index contributed by atoms with van der Waals surface area (Å²) >= 11 is 0. The summed E-state index contributed by atoms with van der Waals surface area (Å²) < 4.78 is 98.7. The standard InChI is InChI=1S/C8H4F8N2/c9-4(10)7(13,14)3-1-2-17-6(18-3)8(15,16)5(11)12/h1-2,4-5H. The molecule has 1 aromatic heterocycles. The summed E-state index contributed by atoms with van der Waals surface area (Å²) in [6.45, 7) is 0. The number of nitrogens with zero attached hydrogens (tertiary/aromatic N) is 2. The van der Waals surface area contributed by atoms with Crippen LogP contribution in [0.15, 0.2) is 12.3 Å². The van der Waals surface area contributed by atoms with Gasteiger partial charge in [-0.3, -0.25) is 0 Å². The molecule has 0 aliphatic carbocycles. The van der Waals surface area contributed by atoms with Crippen molar-refractivity contribution in [2.24, 2.45) is 0 Å². The lowest BCUT2D eigenvalue weighted by molar-refractivity contribution is -0.147. The van der Waals surface area contributed by atoms with Gasteiger partial charge in [-0.05, 0) is 6.07 Å². The Kier molecular flexibility index (Phi) is 3.77. The van der Waals surface area contributed by atoms with E-state index in [0.29, 0.717) is 0 Å². The van der Waals surface area contributed by atoms with E-state index in [1.807, 2.05) is 0 Å². The van der Waals surface area contributed by atoms with Crippen molar-refractivity contribution in [1.29, 1.82) is 0 Å². The molecule has 2 nitrogen and oxygen atoms in total. The highest BCUT2D eigenvalue weighted by Crippen LogP contribution is 2.36. The van der Waals surface area contributed by atoms with Gasteiger partial charge in [-0.2, -0.15) is 17.6 Å². The lowest BCUT2D eigenvalue weighted by Gasteiger charge is -2.17. The van der Waals surface area contributed by atoms with E-state index in [9.17, 15) is 35.1 Å². The quantitative estimate of drug-likeness (QED) is 0.791. The highest BCUT2D eigenvalue weighted by atomic mass is 19.3. The Hall–Kier alpha value is -1.48. The van der Waals surface area contributed by atoms with Crippen LogP contribution in [0.4, 0.5) is 35.1 Å². The van der Waals surface area contributed by atoms with Crippen LogP contribution in [0.3, 0.4) is 0 Å². The lowest BCUT2D eigenvalue weighted by Crippen LogP contribution is -2.30. The van der Waals surface area contributed by atoms with Crippen molar-refractivity contribution in [1.82, 2.24) is 9.97 Å². The SMILES string of the molecule is FC(F)C(F)(F)c1ccnc(C(F)(F)C(F)F)n1. The van der Waals surface area contributed by atoms with E-state index in [2.05, 4.69) is 9.97 Å². The van der Waals surface area contributed by atoms with Crippen LogP contribution in [-0.2, 0) is 11.8 Å². The van der Waals surface area contributed by atoms with Crippen LogP contribution in [0.25, 0.3) is 0 Å². The topological polar surface area (TPSA) is 25.8 Å². The predicted molar refractivity (Wildman–Crippen MR) is 41.8 cm³/mol. The largest absolute Gasteiger partial charge is 0.365 e. The average Bonchev–Trinajstić information content (AvgIpc) is 2.28. The Balaban J connectivity index is 3.23. The molecule has 0 saturated heterocycles.